The monoisotopic (exact) mass is 501 g/mol. The Kier molecular flexibility index (Phi) is 6.69. The summed E-state index contributed by atoms with van der Waals surface area (Å²) in [6.45, 7) is 12.3. The number of halogens is 3. The van der Waals surface area contributed by atoms with Crippen molar-refractivity contribution < 1.29 is 30.8 Å². The van der Waals surface area contributed by atoms with Crippen molar-refractivity contribution >= 4 is 24.0 Å². The highest BCUT2D eigenvalue weighted by atomic mass is 32.2. The SMILES string of the molecule is Cc1cccc2c1N(S(=O)(=O)c1cccc(C(F)(F)F)c1)CC(CO[Si](C)(C)C(C)(C)C)O2. The molecular weight excluding hydrogens is 471 g/mol. The lowest BCUT2D eigenvalue weighted by Gasteiger charge is -2.40. The smallest absolute Gasteiger partial charge is 0.416 e. The number of nitrogens with zero attached hydrogens (tertiary/aromatic N) is 1. The lowest BCUT2D eigenvalue weighted by atomic mass is 10.1. The predicted octanol–water partition coefficient (Wildman–Crippen LogP) is 5.99. The molecule has 10 heteroatoms. The molecule has 182 valence electrons. The molecule has 5 nitrogen and oxygen atoms in total. The number of alkyl halides is 3. The van der Waals surface area contributed by atoms with Gasteiger partial charge in [0, 0.05) is 0 Å². The molecule has 2 aromatic carbocycles. The second kappa shape index (κ2) is 8.63. The molecular formula is C23H30F3NO4SSi. The summed E-state index contributed by atoms with van der Waals surface area (Å²) in [6.07, 6.45) is -5.25. The van der Waals surface area contributed by atoms with Crippen molar-refractivity contribution in [2.24, 2.45) is 0 Å². The average molecular weight is 502 g/mol. The van der Waals surface area contributed by atoms with Crippen molar-refractivity contribution in [3.05, 3.63) is 53.6 Å². The quantitative estimate of drug-likeness (QED) is 0.472. The number of aryl methyl sites for hydroxylation is 1. The summed E-state index contributed by atoms with van der Waals surface area (Å²) < 4.78 is 80.3. The minimum absolute atomic E-state index is 0.0417. The minimum Gasteiger partial charge on any atom is -0.484 e. The summed E-state index contributed by atoms with van der Waals surface area (Å²) in [5, 5.41) is -0.0417. The fourth-order valence-corrected chi connectivity index (χ4v) is 5.98. The molecule has 0 fully saturated rings. The van der Waals surface area contributed by atoms with Crippen molar-refractivity contribution in [3.8, 4) is 5.75 Å². The van der Waals surface area contributed by atoms with E-state index in [0.717, 1.165) is 16.4 Å². The molecule has 0 saturated heterocycles. The first-order valence-corrected chi connectivity index (χ1v) is 15.0. The van der Waals surface area contributed by atoms with Crippen LogP contribution in [0.15, 0.2) is 47.4 Å². The van der Waals surface area contributed by atoms with Gasteiger partial charge >= 0.3 is 6.18 Å². The van der Waals surface area contributed by atoms with E-state index >= 15 is 0 Å². The van der Waals surface area contributed by atoms with Crippen LogP contribution >= 0.6 is 0 Å². The molecule has 0 saturated carbocycles. The van der Waals surface area contributed by atoms with E-state index in [1.165, 1.54) is 6.07 Å². The zero-order chi connectivity index (χ0) is 24.8. The Balaban J connectivity index is 2.00. The van der Waals surface area contributed by atoms with E-state index in [1.807, 2.05) is 0 Å². The first kappa shape index (κ1) is 25.6. The van der Waals surface area contributed by atoms with Gasteiger partial charge in [-0.25, -0.2) is 8.42 Å². The number of hydrogen-bond donors (Lipinski definition) is 0. The van der Waals surface area contributed by atoms with Crippen LogP contribution in [0.1, 0.15) is 31.9 Å². The zero-order valence-electron chi connectivity index (χ0n) is 19.7. The van der Waals surface area contributed by atoms with Gasteiger partial charge in [0.15, 0.2) is 8.32 Å². The van der Waals surface area contributed by atoms with E-state index in [-0.39, 0.29) is 18.2 Å². The number of para-hydroxylation sites is 1. The maximum Gasteiger partial charge on any atom is 0.416 e. The Labute approximate surface area is 194 Å². The molecule has 0 aromatic heterocycles. The highest BCUT2D eigenvalue weighted by Gasteiger charge is 2.41. The molecule has 0 bridgehead atoms. The van der Waals surface area contributed by atoms with Crippen LogP contribution in [0.3, 0.4) is 0 Å². The second-order valence-electron chi connectivity index (χ2n) is 9.79. The first-order chi connectivity index (χ1) is 15.0. The number of benzene rings is 2. The van der Waals surface area contributed by atoms with Gasteiger partial charge in [0.1, 0.15) is 11.9 Å². The van der Waals surface area contributed by atoms with Gasteiger partial charge < -0.3 is 9.16 Å². The Bertz CT molecular complexity index is 1130. The fraction of sp³-hybridized carbons (Fsp3) is 0.478. The van der Waals surface area contributed by atoms with E-state index in [2.05, 4.69) is 33.9 Å². The molecule has 0 aliphatic carbocycles. The van der Waals surface area contributed by atoms with Gasteiger partial charge in [0.2, 0.25) is 0 Å². The van der Waals surface area contributed by atoms with Crippen LogP contribution in [0, 0.1) is 6.92 Å². The van der Waals surface area contributed by atoms with Crippen LogP contribution in [-0.4, -0.2) is 36.0 Å². The van der Waals surface area contributed by atoms with Gasteiger partial charge in [-0.1, -0.05) is 39.0 Å². The third kappa shape index (κ3) is 5.22. The number of anilines is 1. The molecule has 0 spiro atoms. The maximum atomic E-state index is 13.6. The molecule has 1 atom stereocenters. The van der Waals surface area contributed by atoms with Gasteiger partial charge in [-0.05, 0) is 54.9 Å². The normalized spacial score (nSPS) is 17.5. The molecule has 0 amide bonds. The number of hydrogen-bond acceptors (Lipinski definition) is 4. The Morgan fingerprint density at radius 2 is 1.76 bits per heavy atom. The van der Waals surface area contributed by atoms with Gasteiger partial charge in [-0.2, -0.15) is 13.2 Å². The zero-order valence-corrected chi connectivity index (χ0v) is 21.5. The second-order valence-corrected chi connectivity index (χ2v) is 16.5. The highest BCUT2D eigenvalue weighted by molar-refractivity contribution is 7.92. The first-order valence-electron chi connectivity index (χ1n) is 10.6. The standard InChI is InChI=1S/C23H30F3NO4SSi/c1-16-9-7-12-20-21(16)27(14-18(31-20)15-30-33(5,6)22(2,3)4)32(28,29)19-11-8-10-17(13-19)23(24,25)26/h7-13,18H,14-15H2,1-6H3. The summed E-state index contributed by atoms with van der Waals surface area (Å²) in [4.78, 5) is -0.419. The molecule has 0 radical (unpaired) electrons. The number of fused-ring (bicyclic) bond motifs is 1. The lowest BCUT2D eigenvalue weighted by Crippen LogP contribution is -2.49. The van der Waals surface area contributed by atoms with Gasteiger partial charge in [-0.15, -0.1) is 0 Å². The van der Waals surface area contributed by atoms with Gasteiger partial charge in [0.05, 0.1) is 29.3 Å². The summed E-state index contributed by atoms with van der Waals surface area (Å²) in [6, 6.07) is 8.96. The number of rotatable bonds is 5. The van der Waals surface area contributed by atoms with Crippen molar-refractivity contribution in [3.63, 3.8) is 0 Å². The minimum atomic E-state index is -4.65. The molecule has 1 unspecified atom stereocenters. The van der Waals surface area contributed by atoms with Crippen molar-refractivity contribution in [2.45, 2.75) is 63.0 Å². The van der Waals surface area contributed by atoms with Crippen LogP contribution in [0.25, 0.3) is 0 Å². The highest BCUT2D eigenvalue weighted by Crippen LogP contribution is 2.41. The molecule has 3 rings (SSSR count). The summed E-state index contributed by atoms with van der Waals surface area (Å²) >= 11 is 0. The maximum absolute atomic E-state index is 13.6. The van der Waals surface area contributed by atoms with Crippen molar-refractivity contribution in [1.29, 1.82) is 0 Å². The average Bonchev–Trinajstić information content (AvgIpc) is 2.70. The summed E-state index contributed by atoms with van der Waals surface area (Å²) in [7, 11) is -6.41. The largest absolute Gasteiger partial charge is 0.484 e. The van der Waals surface area contributed by atoms with Crippen LogP contribution in [0.2, 0.25) is 18.1 Å². The molecule has 33 heavy (non-hydrogen) atoms. The van der Waals surface area contributed by atoms with E-state index in [0.29, 0.717) is 23.1 Å². The van der Waals surface area contributed by atoms with E-state index in [1.54, 1.807) is 25.1 Å². The Morgan fingerprint density at radius 3 is 2.36 bits per heavy atom. The molecule has 1 aliphatic heterocycles. The molecule has 1 heterocycles. The van der Waals surface area contributed by atoms with Crippen LogP contribution in [-0.2, 0) is 20.6 Å². The third-order valence-corrected chi connectivity index (χ3v) is 12.6. The van der Waals surface area contributed by atoms with Crippen LogP contribution in [0.4, 0.5) is 18.9 Å². The topological polar surface area (TPSA) is 55.8 Å². The van der Waals surface area contributed by atoms with E-state index < -0.39 is 41.1 Å². The number of ether oxygens (including phenoxy) is 1. The molecule has 1 aliphatic rings. The molecule has 2 aromatic rings. The van der Waals surface area contributed by atoms with Gasteiger partial charge in [0.25, 0.3) is 10.0 Å². The lowest BCUT2D eigenvalue weighted by molar-refractivity contribution is -0.137. The Hall–Kier alpha value is -2.04. The molecule has 0 N–H and O–H groups in total. The van der Waals surface area contributed by atoms with Crippen LogP contribution in [0.5, 0.6) is 5.75 Å². The van der Waals surface area contributed by atoms with Gasteiger partial charge in [-0.3, -0.25) is 4.31 Å². The number of sulfonamides is 1. The van der Waals surface area contributed by atoms with Crippen molar-refractivity contribution in [2.75, 3.05) is 17.5 Å². The van der Waals surface area contributed by atoms with Crippen LogP contribution < -0.4 is 9.04 Å². The Morgan fingerprint density at radius 1 is 1.12 bits per heavy atom. The van der Waals surface area contributed by atoms with E-state index in [4.69, 9.17) is 9.16 Å². The third-order valence-electron chi connectivity index (χ3n) is 6.30. The summed E-state index contributed by atoms with van der Waals surface area (Å²) in [5.74, 6) is 0.362. The fourth-order valence-electron chi connectivity index (χ4n) is 3.32. The summed E-state index contributed by atoms with van der Waals surface area (Å²) in [5.41, 5.74) is -0.0371. The van der Waals surface area contributed by atoms with Crippen molar-refractivity contribution in [1.82, 2.24) is 0 Å². The van der Waals surface area contributed by atoms with E-state index in [9.17, 15) is 21.6 Å². The predicted molar refractivity (Wildman–Crippen MR) is 125 cm³/mol.